The van der Waals surface area contributed by atoms with Gasteiger partial charge in [0.2, 0.25) is 5.95 Å². The van der Waals surface area contributed by atoms with Gasteiger partial charge in [-0.15, -0.1) is 0 Å². The molecule has 0 bridgehead atoms. The van der Waals surface area contributed by atoms with Gasteiger partial charge in [0.15, 0.2) is 5.65 Å². The van der Waals surface area contributed by atoms with Gasteiger partial charge < -0.3 is 20.1 Å². The minimum absolute atomic E-state index is 0.000125. The molecule has 31 heavy (non-hydrogen) atoms. The SMILES string of the molecule is COc1cccc([C@H](C)Nc2nc(OC3C[C@H]4CNC[C@@H]34)nc3c(C(C)C)cnn23)c1. The van der Waals surface area contributed by atoms with Crippen LogP contribution < -0.4 is 20.1 Å². The zero-order chi connectivity index (χ0) is 21.5. The van der Waals surface area contributed by atoms with E-state index in [9.17, 15) is 0 Å². The van der Waals surface area contributed by atoms with E-state index >= 15 is 0 Å². The predicted molar refractivity (Wildman–Crippen MR) is 119 cm³/mol. The molecule has 1 unspecified atom stereocenters. The number of aromatic nitrogens is 4. The molecule has 1 aliphatic heterocycles. The zero-order valence-corrected chi connectivity index (χ0v) is 18.5. The van der Waals surface area contributed by atoms with Crippen molar-refractivity contribution in [1.29, 1.82) is 0 Å². The Labute approximate surface area is 182 Å². The lowest BCUT2D eigenvalue weighted by Gasteiger charge is -2.38. The van der Waals surface area contributed by atoms with Gasteiger partial charge in [-0.3, -0.25) is 0 Å². The molecule has 3 heterocycles. The average Bonchev–Trinajstić information content (AvgIpc) is 3.35. The quantitative estimate of drug-likeness (QED) is 0.603. The van der Waals surface area contributed by atoms with Crippen molar-refractivity contribution >= 4 is 11.6 Å². The van der Waals surface area contributed by atoms with Crippen molar-refractivity contribution in [3.63, 3.8) is 0 Å². The van der Waals surface area contributed by atoms with Crippen LogP contribution in [0.25, 0.3) is 5.65 Å². The molecule has 0 spiro atoms. The van der Waals surface area contributed by atoms with Gasteiger partial charge in [-0.05, 0) is 49.4 Å². The number of nitrogens with zero attached hydrogens (tertiary/aromatic N) is 4. The summed E-state index contributed by atoms with van der Waals surface area (Å²) < 4.78 is 13.4. The molecule has 2 aromatic heterocycles. The second-order valence-corrected chi connectivity index (χ2v) is 8.94. The minimum Gasteiger partial charge on any atom is -0.497 e. The molecule has 164 valence electrons. The van der Waals surface area contributed by atoms with E-state index < -0.39 is 0 Å². The van der Waals surface area contributed by atoms with E-state index in [1.165, 1.54) is 0 Å². The Morgan fingerprint density at radius 2 is 2.06 bits per heavy atom. The maximum atomic E-state index is 6.28. The Morgan fingerprint density at radius 1 is 1.19 bits per heavy atom. The lowest BCUT2D eigenvalue weighted by Crippen LogP contribution is -2.44. The van der Waals surface area contributed by atoms with Crippen molar-refractivity contribution in [3.05, 3.63) is 41.6 Å². The summed E-state index contributed by atoms with van der Waals surface area (Å²) in [6.07, 6.45) is 3.11. The number of methoxy groups -OCH3 is 1. The fourth-order valence-electron chi connectivity index (χ4n) is 4.61. The van der Waals surface area contributed by atoms with Crippen LogP contribution in [0.5, 0.6) is 11.8 Å². The third-order valence-corrected chi connectivity index (χ3v) is 6.60. The number of ether oxygens (including phenoxy) is 2. The summed E-state index contributed by atoms with van der Waals surface area (Å²) in [6, 6.07) is 8.45. The van der Waals surface area contributed by atoms with Gasteiger partial charge in [0.05, 0.1) is 19.3 Å². The molecule has 1 saturated heterocycles. The van der Waals surface area contributed by atoms with Crippen LogP contribution in [-0.4, -0.2) is 45.9 Å². The molecule has 1 aromatic carbocycles. The number of hydrogen-bond acceptors (Lipinski definition) is 7. The van der Waals surface area contributed by atoms with E-state index in [1.54, 1.807) is 11.6 Å². The number of anilines is 1. The normalized spacial score (nSPS) is 23.5. The van der Waals surface area contributed by atoms with Crippen molar-refractivity contribution in [2.24, 2.45) is 11.8 Å². The fraction of sp³-hybridized carbons (Fsp3) is 0.522. The Morgan fingerprint density at radius 3 is 2.84 bits per heavy atom. The average molecular weight is 423 g/mol. The molecule has 0 radical (unpaired) electrons. The first-order valence-electron chi connectivity index (χ1n) is 11.1. The summed E-state index contributed by atoms with van der Waals surface area (Å²) in [4.78, 5) is 9.47. The maximum Gasteiger partial charge on any atom is 0.322 e. The largest absolute Gasteiger partial charge is 0.497 e. The van der Waals surface area contributed by atoms with Crippen LogP contribution in [0, 0.1) is 11.8 Å². The highest BCUT2D eigenvalue weighted by Crippen LogP contribution is 2.39. The number of fused-ring (bicyclic) bond motifs is 2. The summed E-state index contributed by atoms with van der Waals surface area (Å²) in [6.45, 7) is 8.49. The molecule has 8 nitrogen and oxygen atoms in total. The zero-order valence-electron chi connectivity index (χ0n) is 18.5. The molecule has 8 heteroatoms. The molecule has 2 aliphatic rings. The van der Waals surface area contributed by atoms with E-state index in [4.69, 9.17) is 19.4 Å². The first-order valence-corrected chi connectivity index (χ1v) is 11.1. The third-order valence-electron chi connectivity index (χ3n) is 6.60. The monoisotopic (exact) mass is 422 g/mol. The van der Waals surface area contributed by atoms with Crippen LogP contribution in [0.4, 0.5) is 5.95 Å². The third kappa shape index (κ3) is 3.69. The van der Waals surface area contributed by atoms with Crippen LogP contribution in [0.3, 0.4) is 0 Å². The molecule has 3 aromatic rings. The van der Waals surface area contributed by atoms with E-state index in [2.05, 4.69) is 42.6 Å². The van der Waals surface area contributed by atoms with E-state index in [0.717, 1.165) is 48.0 Å². The lowest BCUT2D eigenvalue weighted by atomic mass is 9.73. The first-order chi connectivity index (χ1) is 15.0. The number of rotatable bonds is 7. The Hall–Kier alpha value is -2.87. The van der Waals surface area contributed by atoms with Gasteiger partial charge in [-0.2, -0.15) is 19.6 Å². The molecule has 0 amide bonds. The topological polar surface area (TPSA) is 85.6 Å². The van der Waals surface area contributed by atoms with Crippen molar-refractivity contribution in [1.82, 2.24) is 24.9 Å². The molecular weight excluding hydrogens is 392 g/mol. The van der Waals surface area contributed by atoms with Crippen LogP contribution >= 0.6 is 0 Å². The molecule has 4 atom stereocenters. The number of nitrogens with one attached hydrogen (secondary N) is 2. The Balaban J connectivity index is 1.46. The van der Waals surface area contributed by atoms with Crippen LogP contribution in [0.1, 0.15) is 50.3 Å². The van der Waals surface area contributed by atoms with Crippen LogP contribution in [0.15, 0.2) is 30.5 Å². The number of benzene rings is 1. The van der Waals surface area contributed by atoms with Crippen molar-refractivity contribution < 1.29 is 9.47 Å². The van der Waals surface area contributed by atoms with E-state index in [-0.39, 0.29) is 12.1 Å². The number of hydrogen-bond donors (Lipinski definition) is 2. The predicted octanol–water partition coefficient (Wildman–Crippen LogP) is 3.42. The van der Waals surface area contributed by atoms with Gasteiger partial charge in [0.25, 0.3) is 0 Å². The van der Waals surface area contributed by atoms with Crippen LogP contribution in [-0.2, 0) is 0 Å². The molecule has 2 N–H and O–H groups in total. The second kappa shape index (κ2) is 8.00. The van der Waals surface area contributed by atoms with Gasteiger partial charge in [-0.25, -0.2) is 0 Å². The standard InChI is InChI=1S/C23H30N6O2/c1-13(2)18-12-25-29-21(18)27-23(31-20-9-16-10-24-11-19(16)20)28-22(29)26-14(3)15-6-5-7-17(8-15)30-4/h5-8,12-14,16,19-20,24H,9-11H2,1-4H3,(H,26,27,28)/t14-,16-,19+,20?/m0/s1. The highest BCUT2D eigenvalue weighted by Gasteiger charge is 2.46. The summed E-state index contributed by atoms with van der Waals surface area (Å²) in [7, 11) is 1.68. The molecule has 1 saturated carbocycles. The van der Waals surface area contributed by atoms with E-state index in [1.807, 2.05) is 24.4 Å². The van der Waals surface area contributed by atoms with Gasteiger partial charge in [0.1, 0.15) is 11.9 Å². The molecule has 2 fully saturated rings. The fourth-order valence-corrected chi connectivity index (χ4v) is 4.61. The second-order valence-electron chi connectivity index (χ2n) is 8.94. The Bertz CT molecular complexity index is 1080. The van der Waals surface area contributed by atoms with E-state index in [0.29, 0.717) is 23.8 Å². The first kappa shape index (κ1) is 20.1. The van der Waals surface area contributed by atoms with Gasteiger partial charge in [0, 0.05) is 18.0 Å². The summed E-state index contributed by atoms with van der Waals surface area (Å²) in [5, 5.41) is 11.5. The van der Waals surface area contributed by atoms with Crippen molar-refractivity contribution in [3.8, 4) is 11.8 Å². The molecular formula is C23H30N6O2. The molecule has 1 aliphatic carbocycles. The lowest BCUT2D eigenvalue weighted by molar-refractivity contribution is 0.0100. The van der Waals surface area contributed by atoms with Gasteiger partial charge >= 0.3 is 6.01 Å². The smallest absolute Gasteiger partial charge is 0.322 e. The van der Waals surface area contributed by atoms with Crippen molar-refractivity contribution in [2.75, 3.05) is 25.5 Å². The van der Waals surface area contributed by atoms with Gasteiger partial charge in [-0.1, -0.05) is 26.0 Å². The maximum absolute atomic E-state index is 6.28. The van der Waals surface area contributed by atoms with Crippen LogP contribution in [0.2, 0.25) is 0 Å². The Kier molecular flexibility index (Phi) is 5.17. The highest BCUT2D eigenvalue weighted by molar-refractivity contribution is 5.53. The minimum atomic E-state index is -0.000125. The van der Waals surface area contributed by atoms with Crippen molar-refractivity contribution in [2.45, 2.75) is 45.3 Å². The molecule has 5 rings (SSSR count). The summed E-state index contributed by atoms with van der Waals surface area (Å²) >= 11 is 0. The highest BCUT2D eigenvalue weighted by atomic mass is 16.5. The summed E-state index contributed by atoms with van der Waals surface area (Å²) in [5.41, 5.74) is 2.97. The summed E-state index contributed by atoms with van der Waals surface area (Å²) in [5.74, 6) is 3.04.